The molecule has 0 spiro atoms. The van der Waals surface area contributed by atoms with Gasteiger partial charge in [0.1, 0.15) is 5.76 Å². The summed E-state index contributed by atoms with van der Waals surface area (Å²) in [5, 5.41) is 3.19. The van der Waals surface area contributed by atoms with E-state index in [4.69, 9.17) is 4.42 Å². The largest absolute Gasteiger partial charge is 0.447 e. The van der Waals surface area contributed by atoms with Crippen molar-refractivity contribution in [2.45, 2.75) is 39.3 Å². The Morgan fingerprint density at radius 2 is 1.74 bits per heavy atom. The molecule has 0 aromatic carbocycles. The fraction of sp³-hybridized carbons (Fsp3) is 0.692. The maximum atomic E-state index is 11.9. The lowest BCUT2D eigenvalue weighted by Gasteiger charge is -2.07. The van der Waals surface area contributed by atoms with E-state index in [0.717, 1.165) is 6.54 Å². The summed E-state index contributed by atoms with van der Waals surface area (Å²) in [6.45, 7) is 9.94. The van der Waals surface area contributed by atoms with Gasteiger partial charge in [-0.2, -0.15) is 0 Å². The zero-order valence-corrected chi connectivity index (χ0v) is 12.9. The minimum atomic E-state index is -3.52. The first-order chi connectivity index (χ1) is 8.81. The Labute approximate surface area is 115 Å². The molecule has 0 fully saturated rings. The molecule has 5 nitrogen and oxygen atoms in total. The smallest absolute Gasteiger partial charge is 0.273 e. The van der Waals surface area contributed by atoms with E-state index in [1.54, 1.807) is 6.07 Å². The first-order valence-corrected chi connectivity index (χ1v) is 8.08. The molecule has 0 bridgehead atoms. The molecule has 0 aliphatic carbocycles. The van der Waals surface area contributed by atoms with Crippen LogP contribution in [-0.4, -0.2) is 21.5 Å². The van der Waals surface area contributed by atoms with Gasteiger partial charge in [0.05, 0.1) is 6.54 Å². The standard InChI is InChI=1S/C13H24N2O3S/c1-10(2)7-14-9-12-5-6-13(18-12)19(16,17)15-8-11(3)4/h5-6,10-11,14-15H,7-9H2,1-4H3. The predicted octanol–water partition coefficient (Wildman–Crippen LogP) is 1.96. The van der Waals surface area contributed by atoms with Crippen molar-refractivity contribution in [3.63, 3.8) is 0 Å². The lowest BCUT2D eigenvalue weighted by atomic mass is 10.2. The van der Waals surface area contributed by atoms with Crippen molar-refractivity contribution in [2.75, 3.05) is 13.1 Å². The second-order valence-corrected chi connectivity index (χ2v) is 7.19. The van der Waals surface area contributed by atoms with E-state index in [0.29, 0.717) is 24.8 Å². The van der Waals surface area contributed by atoms with Gasteiger partial charge in [-0.15, -0.1) is 0 Å². The van der Waals surface area contributed by atoms with E-state index in [9.17, 15) is 8.42 Å². The Morgan fingerprint density at radius 1 is 1.11 bits per heavy atom. The molecule has 110 valence electrons. The molecule has 0 saturated heterocycles. The van der Waals surface area contributed by atoms with Crippen LogP contribution < -0.4 is 10.0 Å². The zero-order valence-electron chi connectivity index (χ0n) is 12.1. The Bertz CT molecular complexity index is 478. The van der Waals surface area contributed by atoms with Crippen LogP contribution in [0.15, 0.2) is 21.6 Å². The van der Waals surface area contributed by atoms with Crippen LogP contribution >= 0.6 is 0 Å². The second-order valence-electron chi connectivity index (χ2n) is 5.49. The first kappa shape index (κ1) is 16.2. The van der Waals surface area contributed by atoms with Crippen molar-refractivity contribution in [3.8, 4) is 0 Å². The van der Waals surface area contributed by atoms with Gasteiger partial charge >= 0.3 is 0 Å². The predicted molar refractivity (Wildman–Crippen MR) is 75.3 cm³/mol. The highest BCUT2D eigenvalue weighted by Crippen LogP contribution is 2.14. The van der Waals surface area contributed by atoms with E-state index in [1.165, 1.54) is 6.07 Å². The summed E-state index contributed by atoms with van der Waals surface area (Å²) in [4.78, 5) is 0. The number of nitrogens with one attached hydrogen (secondary N) is 2. The molecule has 6 heteroatoms. The van der Waals surface area contributed by atoms with Crippen LogP contribution in [0.25, 0.3) is 0 Å². The minimum absolute atomic E-state index is 0.0190. The average molecular weight is 288 g/mol. The number of hydrogen-bond acceptors (Lipinski definition) is 4. The van der Waals surface area contributed by atoms with Crippen LogP contribution in [0.4, 0.5) is 0 Å². The molecule has 1 heterocycles. The van der Waals surface area contributed by atoms with E-state index in [-0.39, 0.29) is 11.0 Å². The van der Waals surface area contributed by atoms with Crippen LogP contribution in [0.3, 0.4) is 0 Å². The molecule has 1 aromatic heterocycles. The quantitative estimate of drug-likeness (QED) is 0.767. The molecule has 0 aliphatic heterocycles. The van der Waals surface area contributed by atoms with E-state index in [2.05, 4.69) is 23.9 Å². The fourth-order valence-corrected chi connectivity index (χ4v) is 2.59. The number of furan rings is 1. The van der Waals surface area contributed by atoms with Crippen LogP contribution in [0.2, 0.25) is 0 Å². The number of hydrogen-bond donors (Lipinski definition) is 2. The first-order valence-electron chi connectivity index (χ1n) is 6.60. The van der Waals surface area contributed by atoms with Gasteiger partial charge in [0, 0.05) is 6.54 Å². The maximum Gasteiger partial charge on any atom is 0.273 e. The third kappa shape index (κ3) is 5.76. The molecule has 0 aliphatic rings. The summed E-state index contributed by atoms with van der Waals surface area (Å²) in [6.07, 6.45) is 0. The Kier molecular flexibility index (Phi) is 6.03. The molecule has 0 unspecified atom stereocenters. The minimum Gasteiger partial charge on any atom is -0.447 e. The van der Waals surface area contributed by atoms with Gasteiger partial charge in [-0.25, -0.2) is 13.1 Å². The van der Waals surface area contributed by atoms with Crippen LogP contribution in [0.1, 0.15) is 33.5 Å². The van der Waals surface area contributed by atoms with E-state index < -0.39 is 10.0 Å². The van der Waals surface area contributed by atoms with Crippen LogP contribution in [0.5, 0.6) is 0 Å². The third-order valence-corrected chi connectivity index (χ3v) is 3.73. The van der Waals surface area contributed by atoms with Gasteiger partial charge in [0.2, 0.25) is 5.09 Å². The highest BCUT2D eigenvalue weighted by Gasteiger charge is 2.18. The van der Waals surface area contributed by atoms with Crippen LogP contribution in [-0.2, 0) is 16.6 Å². The Hall–Kier alpha value is -0.850. The third-order valence-electron chi connectivity index (χ3n) is 2.44. The van der Waals surface area contributed by atoms with Gasteiger partial charge in [-0.3, -0.25) is 0 Å². The Morgan fingerprint density at radius 3 is 2.32 bits per heavy atom. The molecule has 2 N–H and O–H groups in total. The topological polar surface area (TPSA) is 71.3 Å². The van der Waals surface area contributed by atoms with Gasteiger partial charge in [0.25, 0.3) is 10.0 Å². The normalized spacial score (nSPS) is 12.5. The summed E-state index contributed by atoms with van der Waals surface area (Å²) in [5.74, 6) is 1.44. The lowest BCUT2D eigenvalue weighted by Crippen LogP contribution is -2.27. The van der Waals surface area contributed by atoms with Crippen molar-refractivity contribution in [2.24, 2.45) is 11.8 Å². The van der Waals surface area contributed by atoms with Gasteiger partial charge in [-0.05, 0) is 30.5 Å². The monoisotopic (exact) mass is 288 g/mol. The molecule has 0 radical (unpaired) electrons. The molecule has 0 saturated carbocycles. The van der Waals surface area contributed by atoms with Gasteiger partial charge in [0.15, 0.2) is 0 Å². The fourth-order valence-electron chi connectivity index (χ4n) is 1.43. The maximum absolute atomic E-state index is 11.9. The summed E-state index contributed by atoms with van der Waals surface area (Å²) >= 11 is 0. The lowest BCUT2D eigenvalue weighted by molar-refractivity contribution is 0.394. The average Bonchev–Trinajstić information content (AvgIpc) is 2.75. The summed E-state index contributed by atoms with van der Waals surface area (Å²) in [5.41, 5.74) is 0. The second kappa shape index (κ2) is 7.07. The van der Waals surface area contributed by atoms with E-state index >= 15 is 0 Å². The van der Waals surface area contributed by atoms with Gasteiger partial charge in [-0.1, -0.05) is 27.7 Å². The van der Waals surface area contributed by atoms with Crippen molar-refractivity contribution in [1.82, 2.24) is 10.0 Å². The molecule has 19 heavy (non-hydrogen) atoms. The SMILES string of the molecule is CC(C)CNCc1ccc(S(=O)(=O)NCC(C)C)o1. The van der Waals surface area contributed by atoms with Crippen molar-refractivity contribution in [1.29, 1.82) is 0 Å². The van der Waals surface area contributed by atoms with E-state index in [1.807, 2.05) is 13.8 Å². The molecule has 1 rings (SSSR count). The zero-order chi connectivity index (χ0) is 14.5. The highest BCUT2D eigenvalue weighted by molar-refractivity contribution is 7.89. The van der Waals surface area contributed by atoms with Crippen molar-refractivity contribution in [3.05, 3.63) is 17.9 Å². The highest BCUT2D eigenvalue weighted by atomic mass is 32.2. The molecule has 0 amide bonds. The summed E-state index contributed by atoms with van der Waals surface area (Å²) in [6, 6.07) is 3.19. The van der Waals surface area contributed by atoms with Gasteiger partial charge < -0.3 is 9.73 Å². The number of rotatable bonds is 8. The van der Waals surface area contributed by atoms with Crippen molar-refractivity contribution >= 4 is 10.0 Å². The van der Waals surface area contributed by atoms with Crippen molar-refractivity contribution < 1.29 is 12.8 Å². The molecule has 0 atom stereocenters. The Balaban J connectivity index is 2.58. The molecular formula is C13H24N2O3S. The summed E-state index contributed by atoms with van der Waals surface area (Å²) < 4.78 is 31.7. The molecular weight excluding hydrogens is 264 g/mol. The summed E-state index contributed by atoms with van der Waals surface area (Å²) in [7, 11) is -3.52. The number of sulfonamides is 1. The van der Waals surface area contributed by atoms with Crippen LogP contribution in [0, 0.1) is 11.8 Å². The molecule has 1 aromatic rings.